The van der Waals surface area contributed by atoms with Crippen molar-refractivity contribution in [1.82, 2.24) is 9.62 Å². The highest BCUT2D eigenvalue weighted by atomic mass is 32.2. The second-order valence-corrected chi connectivity index (χ2v) is 10.3. The van der Waals surface area contributed by atoms with Gasteiger partial charge in [-0.15, -0.1) is 0 Å². The van der Waals surface area contributed by atoms with E-state index in [-0.39, 0.29) is 28.5 Å². The van der Waals surface area contributed by atoms with E-state index < -0.39 is 10.0 Å². The molecule has 1 amide bonds. The van der Waals surface area contributed by atoms with Crippen molar-refractivity contribution < 1.29 is 22.7 Å². The van der Waals surface area contributed by atoms with Crippen molar-refractivity contribution in [3.8, 4) is 11.5 Å². The number of nitrogens with zero attached hydrogens (tertiary/aromatic N) is 1. The monoisotopic (exact) mass is 458 g/mol. The predicted molar refractivity (Wildman–Crippen MR) is 121 cm³/mol. The van der Waals surface area contributed by atoms with Crippen molar-refractivity contribution in [2.24, 2.45) is 5.92 Å². The number of aryl methyl sites for hydroxylation is 1. The Morgan fingerprint density at radius 1 is 1.03 bits per heavy atom. The number of methoxy groups -OCH3 is 2. The maximum atomic E-state index is 13.3. The number of ether oxygens (including phenoxy) is 2. The number of amides is 1. The lowest BCUT2D eigenvalue weighted by molar-refractivity contribution is -0.127. The van der Waals surface area contributed by atoms with Crippen LogP contribution in [0, 0.1) is 5.92 Å². The number of piperidine rings is 1. The van der Waals surface area contributed by atoms with Crippen LogP contribution in [-0.4, -0.2) is 45.9 Å². The zero-order chi connectivity index (χ0) is 22.7. The molecule has 0 aromatic heterocycles. The van der Waals surface area contributed by atoms with E-state index >= 15 is 0 Å². The number of nitrogens with one attached hydrogen (secondary N) is 1. The smallest absolute Gasteiger partial charge is 0.246 e. The maximum absolute atomic E-state index is 13.3. The Kier molecular flexibility index (Phi) is 6.71. The van der Waals surface area contributed by atoms with E-state index in [0.29, 0.717) is 31.7 Å². The molecule has 1 fully saturated rings. The van der Waals surface area contributed by atoms with Crippen molar-refractivity contribution in [2.75, 3.05) is 27.3 Å². The fourth-order valence-electron chi connectivity index (χ4n) is 4.68. The second-order valence-electron chi connectivity index (χ2n) is 8.35. The second kappa shape index (κ2) is 9.50. The molecule has 2 aromatic carbocycles. The fourth-order valence-corrected chi connectivity index (χ4v) is 6.32. The zero-order valence-electron chi connectivity index (χ0n) is 18.5. The first-order valence-corrected chi connectivity index (χ1v) is 12.5. The van der Waals surface area contributed by atoms with Gasteiger partial charge in [0.15, 0.2) is 0 Å². The number of hydrogen-bond acceptors (Lipinski definition) is 5. The van der Waals surface area contributed by atoms with Gasteiger partial charge in [0.25, 0.3) is 0 Å². The molecule has 0 unspecified atom stereocenters. The minimum atomic E-state index is -3.76. The molecule has 0 bridgehead atoms. The van der Waals surface area contributed by atoms with Gasteiger partial charge in [0.05, 0.1) is 20.3 Å². The lowest BCUT2D eigenvalue weighted by Crippen LogP contribution is -2.44. The molecular weight excluding hydrogens is 428 g/mol. The molecule has 7 nitrogen and oxygen atoms in total. The number of benzene rings is 2. The summed E-state index contributed by atoms with van der Waals surface area (Å²) >= 11 is 0. The largest absolute Gasteiger partial charge is 0.497 e. The van der Waals surface area contributed by atoms with Gasteiger partial charge in [-0.05, 0) is 55.4 Å². The van der Waals surface area contributed by atoms with E-state index in [4.69, 9.17) is 9.47 Å². The quantitative estimate of drug-likeness (QED) is 0.718. The Bertz CT molecular complexity index is 1080. The minimum Gasteiger partial charge on any atom is -0.497 e. The summed E-state index contributed by atoms with van der Waals surface area (Å²) in [6.45, 7) is 0.587. The summed E-state index contributed by atoms with van der Waals surface area (Å²) in [6, 6.07) is 13.0. The molecule has 0 radical (unpaired) electrons. The van der Waals surface area contributed by atoms with Gasteiger partial charge in [0, 0.05) is 25.1 Å². The molecule has 2 aliphatic rings. The first-order chi connectivity index (χ1) is 15.4. The van der Waals surface area contributed by atoms with Crippen LogP contribution in [0.5, 0.6) is 11.5 Å². The molecule has 1 heterocycles. The van der Waals surface area contributed by atoms with E-state index in [9.17, 15) is 13.2 Å². The lowest BCUT2D eigenvalue weighted by atomic mass is 9.87. The summed E-state index contributed by atoms with van der Waals surface area (Å²) in [5, 5.41) is 3.22. The van der Waals surface area contributed by atoms with Gasteiger partial charge in [-0.25, -0.2) is 8.42 Å². The Labute approximate surface area is 189 Å². The number of carbonyl (C=O) groups is 1. The number of hydrogen-bond donors (Lipinski definition) is 1. The van der Waals surface area contributed by atoms with Gasteiger partial charge in [-0.3, -0.25) is 4.79 Å². The summed E-state index contributed by atoms with van der Waals surface area (Å²) < 4.78 is 38.4. The van der Waals surface area contributed by atoms with Crippen molar-refractivity contribution in [3.05, 3.63) is 53.6 Å². The third-order valence-electron chi connectivity index (χ3n) is 6.50. The fraction of sp³-hybridized carbons (Fsp3) is 0.458. The first kappa shape index (κ1) is 22.6. The molecule has 32 heavy (non-hydrogen) atoms. The van der Waals surface area contributed by atoms with Gasteiger partial charge < -0.3 is 14.8 Å². The van der Waals surface area contributed by atoms with Gasteiger partial charge in [0.2, 0.25) is 15.9 Å². The molecule has 1 aliphatic carbocycles. The van der Waals surface area contributed by atoms with E-state index in [1.54, 1.807) is 12.1 Å². The average Bonchev–Trinajstić information content (AvgIpc) is 2.84. The molecule has 4 rings (SSSR count). The average molecular weight is 459 g/mol. The van der Waals surface area contributed by atoms with Gasteiger partial charge in [-0.1, -0.05) is 24.3 Å². The zero-order valence-corrected chi connectivity index (χ0v) is 19.4. The number of rotatable bonds is 6. The molecule has 8 heteroatoms. The summed E-state index contributed by atoms with van der Waals surface area (Å²) in [5.41, 5.74) is 2.51. The minimum absolute atomic E-state index is 0.0164. The Morgan fingerprint density at radius 2 is 1.78 bits per heavy atom. The molecule has 172 valence electrons. The number of carbonyl (C=O) groups excluding carboxylic acids is 1. The Balaban J connectivity index is 1.42. The molecule has 1 aliphatic heterocycles. The summed E-state index contributed by atoms with van der Waals surface area (Å²) in [4.78, 5) is 13.1. The summed E-state index contributed by atoms with van der Waals surface area (Å²) in [7, 11) is -0.819. The highest BCUT2D eigenvalue weighted by Gasteiger charge is 2.35. The summed E-state index contributed by atoms with van der Waals surface area (Å²) in [6.07, 6.45) is 4.02. The summed E-state index contributed by atoms with van der Waals surface area (Å²) in [5.74, 6) is 0.554. The normalized spacial score (nSPS) is 19.8. The standard InChI is InChI=1S/C24H30N2O5S/c1-30-19-10-11-22(31-2)23(16-19)32(28,29)26-14-12-18(13-15-26)24(27)25-21-9-5-7-17-6-3-4-8-20(17)21/h3-4,6,8,10-11,16,18,21H,5,7,9,12-15H2,1-2H3,(H,25,27)/t21-/m1/s1. The Hall–Kier alpha value is -2.58. The molecule has 0 saturated carbocycles. The predicted octanol–water partition coefficient (Wildman–Crippen LogP) is 3.30. The van der Waals surface area contributed by atoms with E-state index in [0.717, 1.165) is 19.3 Å². The maximum Gasteiger partial charge on any atom is 0.246 e. The third-order valence-corrected chi connectivity index (χ3v) is 8.42. The van der Waals surface area contributed by atoms with Gasteiger partial charge in [-0.2, -0.15) is 4.31 Å². The number of sulfonamides is 1. The number of fused-ring (bicyclic) bond motifs is 1. The SMILES string of the molecule is COc1ccc(OC)c(S(=O)(=O)N2CCC(C(=O)N[C@@H]3CCCc4ccccc43)CC2)c1. The first-order valence-electron chi connectivity index (χ1n) is 11.0. The third kappa shape index (κ3) is 4.47. The van der Waals surface area contributed by atoms with Gasteiger partial charge in [0.1, 0.15) is 16.4 Å². The van der Waals surface area contributed by atoms with E-state index in [1.807, 2.05) is 12.1 Å². The van der Waals surface area contributed by atoms with Crippen LogP contribution < -0.4 is 14.8 Å². The van der Waals surface area contributed by atoms with Crippen molar-refractivity contribution in [1.29, 1.82) is 0 Å². The van der Waals surface area contributed by atoms with Crippen molar-refractivity contribution >= 4 is 15.9 Å². The molecule has 2 aromatic rings. The molecule has 1 saturated heterocycles. The molecule has 1 N–H and O–H groups in total. The molecular formula is C24H30N2O5S. The van der Waals surface area contributed by atoms with E-state index in [1.165, 1.54) is 35.7 Å². The Morgan fingerprint density at radius 3 is 2.50 bits per heavy atom. The van der Waals surface area contributed by atoms with Crippen LogP contribution in [0.2, 0.25) is 0 Å². The topological polar surface area (TPSA) is 84.9 Å². The van der Waals surface area contributed by atoms with Gasteiger partial charge >= 0.3 is 0 Å². The van der Waals surface area contributed by atoms with Crippen LogP contribution in [0.1, 0.15) is 42.9 Å². The van der Waals surface area contributed by atoms with Crippen LogP contribution in [-0.2, 0) is 21.2 Å². The van der Waals surface area contributed by atoms with Crippen LogP contribution >= 0.6 is 0 Å². The van der Waals surface area contributed by atoms with Crippen molar-refractivity contribution in [3.63, 3.8) is 0 Å². The molecule has 1 atom stereocenters. The lowest BCUT2D eigenvalue weighted by Gasteiger charge is -2.33. The highest BCUT2D eigenvalue weighted by Crippen LogP contribution is 2.34. The van der Waals surface area contributed by atoms with Crippen molar-refractivity contribution in [2.45, 2.75) is 43.0 Å². The van der Waals surface area contributed by atoms with Crippen LogP contribution in [0.25, 0.3) is 0 Å². The van der Waals surface area contributed by atoms with E-state index in [2.05, 4.69) is 17.4 Å². The van der Waals surface area contributed by atoms with Crippen LogP contribution in [0.15, 0.2) is 47.4 Å². The van der Waals surface area contributed by atoms with Crippen LogP contribution in [0.4, 0.5) is 0 Å². The highest BCUT2D eigenvalue weighted by molar-refractivity contribution is 7.89. The molecule has 0 spiro atoms. The van der Waals surface area contributed by atoms with Crippen LogP contribution in [0.3, 0.4) is 0 Å².